The number of aliphatic carboxylic acids is 1. The van der Waals surface area contributed by atoms with E-state index < -0.39 is 28.2 Å². The van der Waals surface area contributed by atoms with Crippen molar-refractivity contribution >= 4 is 21.9 Å². The minimum absolute atomic E-state index is 0.139. The summed E-state index contributed by atoms with van der Waals surface area (Å²) >= 11 is 0. The van der Waals surface area contributed by atoms with Gasteiger partial charge in [0, 0.05) is 26.2 Å². The summed E-state index contributed by atoms with van der Waals surface area (Å²) in [5.74, 6) is -0.981. The summed E-state index contributed by atoms with van der Waals surface area (Å²) in [6.07, 6.45) is -3.32. The summed E-state index contributed by atoms with van der Waals surface area (Å²) in [7, 11) is -1.89. The lowest BCUT2D eigenvalue weighted by atomic mass is 10.0. The summed E-state index contributed by atoms with van der Waals surface area (Å²) in [5.41, 5.74) is 1.13. The van der Waals surface area contributed by atoms with E-state index in [0.717, 1.165) is 23.6 Å². The van der Waals surface area contributed by atoms with Gasteiger partial charge in [0.2, 0.25) is 15.9 Å². The Kier molecular flexibility index (Phi) is 7.43. The number of carboxylic acid groups (broad SMARTS) is 1. The molecule has 2 aliphatic heterocycles. The number of carbonyl (C=O) groups is 2. The van der Waals surface area contributed by atoms with Gasteiger partial charge in [0.1, 0.15) is 17.6 Å². The van der Waals surface area contributed by atoms with E-state index in [-0.39, 0.29) is 17.9 Å². The van der Waals surface area contributed by atoms with Gasteiger partial charge >= 0.3 is 12.1 Å². The fraction of sp³-hybridized carbons (Fsp3) is 0.667. The second kappa shape index (κ2) is 9.17. The van der Waals surface area contributed by atoms with Crippen LogP contribution in [0.15, 0.2) is 10.5 Å². The molecule has 2 aliphatic rings. The topological polar surface area (TPSA) is 120 Å². The molecule has 176 valence electrons. The average molecular weight is 469 g/mol. The molecule has 1 aromatic rings. The van der Waals surface area contributed by atoms with Gasteiger partial charge in [0.05, 0.1) is 12.8 Å². The molecule has 1 amide bonds. The van der Waals surface area contributed by atoms with Crippen LogP contribution >= 0.6 is 0 Å². The third-order valence-electron chi connectivity index (χ3n) is 5.41. The highest BCUT2D eigenvalue weighted by atomic mass is 32.2. The highest BCUT2D eigenvalue weighted by Gasteiger charge is 2.52. The maximum Gasteiger partial charge on any atom is 0.490 e. The number of carbonyl (C=O) groups excluding carboxylic acids is 1. The molecule has 2 fully saturated rings. The molecule has 13 heteroatoms. The minimum Gasteiger partial charge on any atom is -0.475 e. The van der Waals surface area contributed by atoms with Crippen molar-refractivity contribution in [3.8, 4) is 0 Å². The molecule has 3 atom stereocenters. The number of nitrogens with one attached hydrogen (secondary N) is 1. The average Bonchev–Trinajstić information content (AvgIpc) is 3.25. The van der Waals surface area contributed by atoms with Crippen molar-refractivity contribution in [2.75, 3.05) is 26.4 Å². The second-order valence-corrected chi connectivity index (χ2v) is 9.62. The van der Waals surface area contributed by atoms with Crippen LogP contribution < -0.4 is 5.32 Å². The highest BCUT2D eigenvalue weighted by Crippen LogP contribution is 2.38. The number of carboxylic acids is 1. The predicted molar refractivity (Wildman–Crippen MR) is 104 cm³/mol. The zero-order valence-corrected chi connectivity index (χ0v) is 18.4. The van der Waals surface area contributed by atoms with Crippen molar-refractivity contribution in [2.24, 2.45) is 5.92 Å². The maximum atomic E-state index is 12.2. The number of nitrogens with zero attached hydrogens (tertiary/aromatic N) is 2. The van der Waals surface area contributed by atoms with Gasteiger partial charge in [-0.25, -0.2) is 13.2 Å². The number of amides is 1. The van der Waals surface area contributed by atoms with Gasteiger partial charge in [-0.05, 0) is 37.8 Å². The lowest BCUT2D eigenvalue weighted by Crippen LogP contribution is -2.49. The Morgan fingerprint density at radius 1 is 1.29 bits per heavy atom. The quantitative estimate of drug-likeness (QED) is 0.678. The fourth-order valence-corrected chi connectivity index (χ4v) is 5.40. The van der Waals surface area contributed by atoms with Crippen LogP contribution in [-0.2, 0) is 26.2 Å². The van der Waals surface area contributed by atoms with Crippen LogP contribution in [0.25, 0.3) is 0 Å². The van der Waals surface area contributed by atoms with Crippen LogP contribution in [0.3, 0.4) is 0 Å². The third-order valence-corrected chi connectivity index (χ3v) is 6.70. The van der Waals surface area contributed by atoms with E-state index in [4.69, 9.17) is 14.3 Å². The molecule has 31 heavy (non-hydrogen) atoms. The zero-order chi connectivity index (χ0) is 23.7. The minimum atomic E-state index is -5.08. The molecular weight excluding hydrogens is 443 g/mol. The molecule has 0 unspecified atom stereocenters. The number of fused-ring (bicyclic) bond motifs is 1. The normalized spacial score (nSPS) is 24.4. The van der Waals surface area contributed by atoms with Gasteiger partial charge < -0.3 is 14.8 Å². The van der Waals surface area contributed by atoms with Gasteiger partial charge in [-0.2, -0.15) is 17.5 Å². The molecule has 0 saturated carbocycles. The molecular formula is C18H26F3N3O6S. The lowest BCUT2D eigenvalue weighted by Gasteiger charge is -2.27. The van der Waals surface area contributed by atoms with E-state index in [9.17, 15) is 26.4 Å². The van der Waals surface area contributed by atoms with Crippen molar-refractivity contribution in [2.45, 2.75) is 45.1 Å². The van der Waals surface area contributed by atoms with Gasteiger partial charge in [0.25, 0.3) is 0 Å². The summed E-state index contributed by atoms with van der Waals surface area (Å²) in [6, 6.07) is 1.31. The molecule has 3 rings (SSSR count). The van der Waals surface area contributed by atoms with Crippen molar-refractivity contribution in [1.29, 1.82) is 0 Å². The largest absolute Gasteiger partial charge is 0.490 e. The molecule has 0 radical (unpaired) electrons. The SMILES string of the molecule is CNC(=O)[C@H]1C[C@@H]2CN(Cc3cc(C)c(C)o3)C[C@@H]2N1S(C)(=O)=O.O=C(O)C(F)(F)F. The molecule has 2 saturated heterocycles. The Morgan fingerprint density at radius 3 is 2.29 bits per heavy atom. The van der Waals surface area contributed by atoms with Crippen LogP contribution in [0.4, 0.5) is 13.2 Å². The van der Waals surface area contributed by atoms with Crippen LogP contribution in [0, 0.1) is 19.8 Å². The van der Waals surface area contributed by atoms with E-state index in [2.05, 4.69) is 10.2 Å². The predicted octanol–water partition coefficient (Wildman–Crippen LogP) is 1.11. The lowest BCUT2D eigenvalue weighted by molar-refractivity contribution is -0.192. The first kappa shape index (κ1) is 25.1. The van der Waals surface area contributed by atoms with Gasteiger partial charge in [-0.15, -0.1) is 0 Å². The summed E-state index contributed by atoms with van der Waals surface area (Å²) in [4.78, 5) is 23.2. The van der Waals surface area contributed by atoms with E-state index in [0.29, 0.717) is 19.5 Å². The summed E-state index contributed by atoms with van der Waals surface area (Å²) in [5, 5.41) is 9.71. The first-order valence-corrected chi connectivity index (χ1v) is 11.3. The second-order valence-electron chi connectivity index (χ2n) is 7.73. The number of alkyl halides is 3. The van der Waals surface area contributed by atoms with Crippen LogP contribution in [0.2, 0.25) is 0 Å². The number of sulfonamides is 1. The molecule has 0 bridgehead atoms. The van der Waals surface area contributed by atoms with Crippen LogP contribution in [-0.4, -0.2) is 79.3 Å². The van der Waals surface area contributed by atoms with Gasteiger partial charge in [-0.1, -0.05) is 0 Å². The Hall–Kier alpha value is -2.12. The molecule has 3 heterocycles. The molecule has 0 spiro atoms. The fourth-order valence-electron chi connectivity index (χ4n) is 4.03. The number of hydrogen-bond acceptors (Lipinski definition) is 6. The molecule has 9 nitrogen and oxygen atoms in total. The number of hydrogen-bond donors (Lipinski definition) is 2. The highest BCUT2D eigenvalue weighted by molar-refractivity contribution is 7.88. The molecule has 1 aromatic heterocycles. The molecule has 0 aliphatic carbocycles. The third kappa shape index (κ3) is 5.98. The number of likely N-dealkylation sites (N-methyl/N-ethyl adjacent to an activating group) is 1. The number of rotatable bonds is 4. The number of aryl methyl sites for hydroxylation is 2. The van der Waals surface area contributed by atoms with Crippen molar-refractivity contribution < 1.29 is 40.7 Å². The molecule has 0 aromatic carbocycles. The zero-order valence-electron chi connectivity index (χ0n) is 17.6. The Morgan fingerprint density at radius 2 is 1.87 bits per heavy atom. The van der Waals surface area contributed by atoms with Crippen LogP contribution in [0.5, 0.6) is 0 Å². The van der Waals surface area contributed by atoms with E-state index in [1.54, 1.807) is 7.05 Å². The Balaban J connectivity index is 0.000000423. The number of furan rings is 1. The maximum absolute atomic E-state index is 12.2. The molecule has 2 N–H and O–H groups in total. The Labute approximate surface area is 178 Å². The summed E-state index contributed by atoms with van der Waals surface area (Å²) in [6.45, 7) is 6.04. The smallest absolute Gasteiger partial charge is 0.475 e. The van der Waals surface area contributed by atoms with E-state index >= 15 is 0 Å². The first-order valence-electron chi connectivity index (χ1n) is 9.43. The van der Waals surface area contributed by atoms with Crippen molar-refractivity contribution in [3.05, 3.63) is 23.2 Å². The monoisotopic (exact) mass is 469 g/mol. The number of likely N-dealkylation sites (tertiary alicyclic amines) is 1. The van der Waals surface area contributed by atoms with Gasteiger partial charge in [0.15, 0.2) is 0 Å². The van der Waals surface area contributed by atoms with E-state index in [1.807, 2.05) is 19.9 Å². The van der Waals surface area contributed by atoms with Crippen molar-refractivity contribution in [3.63, 3.8) is 0 Å². The van der Waals surface area contributed by atoms with Crippen LogP contribution in [0.1, 0.15) is 23.5 Å². The van der Waals surface area contributed by atoms with E-state index in [1.165, 1.54) is 10.6 Å². The first-order chi connectivity index (χ1) is 14.1. The van der Waals surface area contributed by atoms with Gasteiger partial charge in [-0.3, -0.25) is 9.69 Å². The Bertz CT molecular complexity index is 911. The number of halogens is 3. The standard InChI is InChI=1S/C16H25N3O4S.C2HF3O2/c1-10-5-13(23-11(10)2)8-18-7-12-6-14(16(20)17-3)19(15(12)9-18)24(4,21)22;3-2(4,5)1(6)7/h5,12,14-15H,6-9H2,1-4H3,(H,17,20);(H,6,7)/t12-,14-,15+;/m1./s1. The van der Waals surface area contributed by atoms with Crippen molar-refractivity contribution in [1.82, 2.24) is 14.5 Å². The summed E-state index contributed by atoms with van der Waals surface area (Å²) < 4.78 is 63.3.